The van der Waals surface area contributed by atoms with Crippen LogP contribution in [-0.2, 0) is 0 Å². The average Bonchev–Trinajstić information content (AvgIpc) is 2.75. The highest BCUT2D eigenvalue weighted by atomic mass is 16.2. The summed E-state index contributed by atoms with van der Waals surface area (Å²) in [6, 6.07) is 21.7. The Bertz CT molecular complexity index is 935. The summed E-state index contributed by atoms with van der Waals surface area (Å²) in [7, 11) is 0. The van der Waals surface area contributed by atoms with Gasteiger partial charge >= 0.3 is 6.03 Å². The normalized spacial score (nSPS) is 14.0. The number of amides is 2. The van der Waals surface area contributed by atoms with Crippen LogP contribution in [0.5, 0.6) is 0 Å². The Kier molecular flexibility index (Phi) is 5.19. The highest BCUT2D eigenvalue weighted by Crippen LogP contribution is 2.22. The summed E-state index contributed by atoms with van der Waals surface area (Å²) in [5.41, 5.74) is 3.97. The van der Waals surface area contributed by atoms with E-state index in [1.54, 1.807) is 0 Å². The first-order valence-corrected chi connectivity index (χ1v) is 9.46. The maximum Gasteiger partial charge on any atom is 0.321 e. The summed E-state index contributed by atoms with van der Waals surface area (Å²) >= 11 is 0. The summed E-state index contributed by atoms with van der Waals surface area (Å²) in [6.07, 6.45) is 0. The van der Waals surface area contributed by atoms with Crippen LogP contribution in [0.3, 0.4) is 0 Å². The molecule has 28 heavy (non-hydrogen) atoms. The van der Waals surface area contributed by atoms with E-state index in [1.807, 2.05) is 59.5 Å². The number of anilines is 2. The number of rotatable bonds is 3. The number of carbonyl (C=O) groups excluding carboxylic acids is 1. The lowest BCUT2D eigenvalue weighted by molar-refractivity contribution is 0.208. The number of benzene rings is 2. The zero-order valence-corrected chi connectivity index (χ0v) is 15.9. The van der Waals surface area contributed by atoms with Crippen LogP contribution in [0.25, 0.3) is 11.3 Å². The van der Waals surface area contributed by atoms with Crippen LogP contribution in [0, 0.1) is 6.92 Å². The Morgan fingerprint density at radius 1 is 0.857 bits per heavy atom. The molecule has 0 atom stereocenters. The van der Waals surface area contributed by atoms with Crippen LogP contribution in [0.15, 0.2) is 66.7 Å². The molecule has 0 spiro atoms. The van der Waals surface area contributed by atoms with Crippen LogP contribution in [-0.4, -0.2) is 47.3 Å². The highest BCUT2D eigenvalue weighted by molar-refractivity contribution is 5.89. The molecule has 6 nitrogen and oxygen atoms in total. The third-order valence-corrected chi connectivity index (χ3v) is 4.99. The predicted octanol–water partition coefficient (Wildman–Crippen LogP) is 3.81. The van der Waals surface area contributed by atoms with Gasteiger partial charge in [-0.3, -0.25) is 0 Å². The predicted molar refractivity (Wildman–Crippen MR) is 111 cm³/mol. The second-order valence-corrected chi connectivity index (χ2v) is 6.86. The number of aromatic nitrogens is 2. The molecule has 3 aromatic rings. The minimum absolute atomic E-state index is 0.0631. The number of nitrogens with one attached hydrogen (secondary N) is 1. The summed E-state index contributed by atoms with van der Waals surface area (Å²) in [5.74, 6) is 0.848. The first-order chi connectivity index (χ1) is 13.7. The molecule has 1 aromatic heterocycles. The van der Waals surface area contributed by atoms with Gasteiger partial charge in [0.25, 0.3) is 0 Å². The molecule has 0 bridgehead atoms. The van der Waals surface area contributed by atoms with E-state index in [2.05, 4.69) is 39.5 Å². The Morgan fingerprint density at radius 2 is 1.57 bits per heavy atom. The van der Waals surface area contributed by atoms with Gasteiger partial charge in [0.15, 0.2) is 5.82 Å². The molecule has 1 aliphatic rings. The molecule has 2 amide bonds. The lowest BCUT2D eigenvalue weighted by atomic mass is 10.1. The molecular formula is C22H23N5O. The van der Waals surface area contributed by atoms with Gasteiger partial charge in [-0.05, 0) is 36.8 Å². The van der Waals surface area contributed by atoms with Crippen molar-refractivity contribution >= 4 is 17.5 Å². The van der Waals surface area contributed by atoms with Gasteiger partial charge in [0, 0.05) is 37.4 Å². The first kappa shape index (κ1) is 18.0. The molecule has 1 fully saturated rings. The van der Waals surface area contributed by atoms with Gasteiger partial charge in [-0.1, -0.05) is 42.5 Å². The van der Waals surface area contributed by atoms with Crippen LogP contribution in [0.2, 0.25) is 0 Å². The second kappa shape index (κ2) is 8.08. The molecule has 142 valence electrons. The van der Waals surface area contributed by atoms with Crippen molar-refractivity contribution < 1.29 is 4.79 Å². The Labute approximate surface area is 164 Å². The van der Waals surface area contributed by atoms with Gasteiger partial charge in [0.05, 0.1) is 5.69 Å². The zero-order chi connectivity index (χ0) is 19.3. The van der Waals surface area contributed by atoms with Gasteiger partial charge in [-0.2, -0.15) is 0 Å². The Balaban J connectivity index is 1.36. The van der Waals surface area contributed by atoms with Crippen molar-refractivity contribution in [3.8, 4) is 11.3 Å². The number of carbonyl (C=O) groups is 1. The molecule has 1 aliphatic heterocycles. The molecule has 1 N–H and O–H groups in total. The third kappa shape index (κ3) is 3.96. The zero-order valence-electron chi connectivity index (χ0n) is 15.9. The number of nitrogens with zero attached hydrogens (tertiary/aromatic N) is 4. The van der Waals surface area contributed by atoms with E-state index >= 15 is 0 Å². The number of hydrogen-bond acceptors (Lipinski definition) is 4. The SMILES string of the molecule is Cc1ccccc1-c1ccc(N2CCN(C(=O)Nc3ccccc3)CC2)nn1. The van der Waals surface area contributed by atoms with Crippen LogP contribution in [0.1, 0.15) is 5.56 Å². The molecular weight excluding hydrogens is 350 g/mol. The lowest BCUT2D eigenvalue weighted by Gasteiger charge is -2.35. The molecule has 2 heterocycles. The summed E-state index contributed by atoms with van der Waals surface area (Å²) in [5, 5.41) is 11.8. The molecule has 0 radical (unpaired) electrons. The minimum atomic E-state index is -0.0631. The fraction of sp³-hybridized carbons (Fsp3) is 0.227. The van der Waals surface area contributed by atoms with E-state index < -0.39 is 0 Å². The average molecular weight is 373 g/mol. The maximum atomic E-state index is 12.4. The quantitative estimate of drug-likeness (QED) is 0.758. The molecule has 4 rings (SSSR count). The van der Waals surface area contributed by atoms with Crippen molar-refractivity contribution in [1.82, 2.24) is 15.1 Å². The number of aryl methyl sites for hydroxylation is 1. The van der Waals surface area contributed by atoms with E-state index in [1.165, 1.54) is 5.56 Å². The molecule has 0 unspecified atom stereocenters. The summed E-state index contributed by atoms with van der Waals surface area (Å²) < 4.78 is 0. The van der Waals surface area contributed by atoms with Gasteiger partial charge in [0.1, 0.15) is 0 Å². The summed E-state index contributed by atoms with van der Waals surface area (Å²) in [4.78, 5) is 16.4. The van der Waals surface area contributed by atoms with E-state index in [4.69, 9.17) is 0 Å². The van der Waals surface area contributed by atoms with E-state index in [0.717, 1.165) is 35.9 Å². The van der Waals surface area contributed by atoms with Gasteiger partial charge < -0.3 is 15.1 Å². The molecule has 6 heteroatoms. The largest absolute Gasteiger partial charge is 0.352 e. The molecule has 0 saturated carbocycles. The standard InChI is InChI=1S/C22H23N5O/c1-17-7-5-6-10-19(17)20-11-12-21(25-24-20)26-13-15-27(16-14-26)22(28)23-18-8-3-2-4-9-18/h2-12H,13-16H2,1H3,(H,23,28). The summed E-state index contributed by atoms with van der Waals surface area (Å²) in [6.45, 7) is 4.85. The molecule has 0 aliphatic carbocycles. The number of hydrogen-bond donors (Lipinski definition) is 1. The Morgan fingerprint density at radius 3 is 2.25 bits per heavy atom. The van der Waals surface area contributed by atoms with E-state index in [0.29, 0.717) is 13.1 Å². The van der Waals surface area contributed by atoms with E-state index in [-0.39, 0.29) is 6.03 Å². The van der Waals surface area contributed by atoms with Crippen LogP contribution >= 0.6 is 0 Å². The van der Waals surface area contributed by atoms with Crippen molar-refractivity contribution in [2.24, 2.45) is 0 Å². The smallest absolute Gasteiger partial charge is 0.321 e. The highest BCUT2D eigenvalue weighted by Gasteiger charge is 2.22. The van der Waals surface area contributed by atoms with Crippen molar-refractivity contribution in [2.75, 3.05) is 36.4 Å². The van der Waals surface area contributed by atoms with E-state index in [9.17, 15) is 4.79 Å². The fourth-order valence-electron chi connectivity index (χ4n) is 3.36. The van der Waals surface area contributed by atoms with Crippen molar-refractivity contribution in [3.05, 3.63) is 72.3 Å². The van der Waals surface area contributed by atoms with Crippen LogP contribution in [0.4, 0.5) is 16.3 Å². The Hall–Kier alpha value is -3.41. The molecule has 2 aromatic carbocycles. The van der Waals surface area contributed by atoms with Crippen molar-refractivity contribution in [1.29, 1.82) is 0 Å². The van der Waals surface area contributed by atoms with Gasteiger partial charge in [-0.25, -0.2) is 4.79 Å². The number of urea groups is 1. The lowest BCUT2D eigenvalue weighted by Crippen LogP contribution is -2.50. The van der Waals surface area contributed by atoms with Crippen molar-refractivity contribution in [3.63, 3.8) is 0 Å². The third-order valence-electron chi connectivity index (χ3n) is 4.99. The second-order valence-electron chi connectivity index (χ2n) is 6.86. The van der Waals surface area contributed by atoms with Gasteiger partial charge in [0.2, 0.25) is 0 Å². The fourth-order valence-corrected chi connectivity index (χ4v) is 3.36. The first-order valence-electron chi connectivity index (χ1n) is 9.46. The number of piperazine rings is 1. The van der Waals surface area contributed by atoms with Gasteiger partial charge in [-0.15, -0.1) is 10.2 Å². The molecule has 1 saturated heterocycles. The maximum absolute atomic E-state index is 12.4. The monoisotopic (exact) mass is 373 g/mol. The number of para-hydroxylation sites is 1. The topological polar surface area (TPSA) is 61.4 Å². The van der Waals surface area contributed by atoms with Crippen molar-refractivity contribution in [2.45, 2.75) is 6.92 Å². The van der Waals surface area contributed by atoms with Crippen LogP contribution < -0.4 is 10.2 Å². The minimum Gasteiger partial charge on any atom is -0.352 e.